The monoisotopic (exact) mass is 412 g/mol. The first-order valence-electron chi connectivity index (χ1n) is 7.06. The van der Waals surface area contributed by atoms with E-state index in [2.05, 4.69) is 5.32 Å². The summed E-state index contributed by atoms with van der Waals surface area (Å²) in [5.74, 6) is -0.838. The van der Waals surface area contributed by atoms with E-state index < -0.39 is 37.1 Å². The molecule has 9 nitrogen and oxygen atoms in total. The summed E-state index contributed by atoms with van der Waals surface area (Å²) < 4.78 is -1.88. The summed E-state index contributed by atoms with van der Waals surface area (Å²) in [6.07, 6.45) is -1.03. The number of benzene rings is 1. The molecule has 0 aliphatic rings. The van der Waals surface area contributed by atoms with E-state index >= 15 is 0 Å². The van der Waals surface area contributed by atoms with Crippen LogP contribution in [0.5, 0.6) is 0 Å². The lowest BCUT2D eigenvalue weighted by molar-refractivity contribution is -0.394. The van der Waals surface area contributed by atoms with Crippen LogP contribution in [0.1, 0.15) is 24.2 Å². The molecule has 1 aromatic rings. The number of alkyl halides is 3. The van der Waals surface area contributed by atoms with Crippen LogP contribution in [0.25, 0.3) is 0 Å². The predicted octanol–water partition coefficient (Wildman–Crippen LogP) is 3.27. The molecule has 0 saturated heterocycles. The number of nitrogens with one attached hydrogen (secondary N) is 1. The normalized spacial score (nSPS) is 12.7. The molecule has 138 valence electrons. The van der Waals surface area contributed by atoms with Gasteiger partial charge in [0.1, 0.15) is 6.17 Å². The van der Waals surface area contributed by atoms with Gasteiger partial charge < -0.3 is 5.32 Å². The number of rotatable bonds is 7. The fourth-order valence-electron chi connectivity index (χ4n) is 2.11. The first kappa shape index (κ1) is 21.4. The smallest absolute Gasteiger partial charge is 0.277 e. The Labute approximate surface area is 158 Å². The van der Waals surface area contributed by atoms with E-state index in [0.29, 0.717) is 13.1 Å². The predicted molar refractivity (Wildman–Crippen MR) is 94.2 cm³/mol. The van der Waals surface area contributed by atoms with Crippen LogP contribution in [0.15, 0.2) is 18.2 Å². The number of nitro groups is 2. The molecule has 1 rings (SSSR count). The molecule has 0 heterocycles. The maximum absolute atomic E-state index is 12.4. The minimum atomic E-state index is -1.88. The summed E-state index contributed by atoms with van der Waals surface area (Å²) in [5.41, 5.74) is -1.47. The van der Waals surface area contributed by atoms with Crippen LogP contribution in [-0.4, -0.2) is 43.7 Å². The molecule has 1 aromatic carbocycles. The highest BCUT2D eigenvalue weighted by Gasteiger charge is 2.38. The molecular formula is C13H15Cl3N4O5. The van der Waals surface area contributed by atoms with Crippen molar-refractivity contribution in [3.8, 4) is 0 Å². The summed E-state index contributed by atoms with van der Waals surface area (Å²) in [6, 6.07) is 2.59. The number of halogens is 3. The third-order valence-corrected chi connectivity index (χ3v) is 3.96. The fourth-order valence-corrected chi connectivity index (χ4v) is 2.69. The molecule has 0 aliphatic heterocycles. The second kappa shape index (κ2) is 8.61. The minimum absolute atomic E-state index is 0.285. The highest BCUT2D eigenvalue weighted by Crippen LogP contribution is 2.32. The summed E-state index contributed by atoms with van der Waals surface area (Å²) in [5, 5.41) is 24.3. The van der Waals surface area contributed by atoms with Gasteiger partial charge in [0.25, 0.3) is 17.3 Å². The zero-order chi connectivity index (χ0) is 19.4. The zero-order valence-electron chi connectivity index (χ0n) is 13.2. The molecule has 1 N–H and O–H groups in total. The first-order chi connectivity index (χ1) is 11.5. The second-order valence-electron chi connectivity index (χ2n) is 4.89. The highest BCUT2D eigenvalue weighted by molar-refractivity contribution is 6.68. The Morgan fingerprint density at radius 3 is 1.88 bits per heavy atom. The van der Waals surface area contributed by atoms with Crippen molar-refractivity contribution in [3.63, 3.8) is 0 Å². The van der Waals surface area contributed by atoms with E-state index in [0.717, 1.165) is 18.2 Å². The van der Waals surface area contributed by atoms with Crippen LogP contribution in [0.4, 0.5) is 11.4 Å². The second-order valence-corrected chi connectivity index (χ2v) is 7.26. The first-order valence-corrected chi connectivity index (χ1v) is 8.20. The number of amides is 1. The number of carbonyl (C=O) groups is 1. The molecule has 0 spiro atoms. The Kier molecular flexibility index (Phi) is 7.36. The molecular weight excluding hydrogens is 399 g/mol. The van der Waals surface area contributed by atoms with Crippen molar-refractivity contribution in [2.45, 2.75) is 23.8 Å². The van der Waals surface area contributed by atoms with E-state index in [1.165, 1.54) is 0 Å². The van der Waals surface area contributed by atoms with Crippen molar-refractivity contribution >= 4 is 52.1 Å². The lowest BCUT2D eigenvalue weighted by atomic mass is 10.1. The molecule has 1 unspecified atom stereocenters. The van der Waals surface area contributed by atoms with Gasteiger partial charge in [-0.1, -0.05) is 48.7 Å². The Bertz CT molecular complexity index is 644. The minimum Gasteiger partial charge on any atom is -0.332 e. The third-order valence-electron chi connectivity index (χ3n) is 3.34. The van der Waals surface area contributed by atoms with Gasteiger partial charge in [-0.25, -0.2) is 0 Å². The van der Waals surface area contributed by atoms with Crippen LogP contribution in [0.3, 0.4) is 0 Å². The Hall–Kier alpha value is -1.68. The van der Waals surface area contributed by atoms with E-state index in [9.17, 15) is 25.0 Å². The number of nitro benzene ring substituents is 2. The number of nitrogens with zero attached hydrogens (tertiary/aromatic N) is 3. The van der Waals surface area contributed by atoms with Gasteiger partial charge in [0.2, 0.25) is 3.79 Å². The number of hydrogen-bond acceptors (Lipinski definition) is 6. The van der Waals surface area contributed by atoms with Crippen molar-refractivity contribution in [2.75, 3.05) is 13.1 Å². The molecule has 1 atom stereocenters. The summed E-state index contributed by atoms with van der Waals surface area (Å²) in [6.45, 7) is 4.48. The van der Waals surface area contributed by atoms with Gasteiger partial charge in [0.15, 0.2) is 0 Å². The van der Waals surface area contributed by atoms with Gasteiger partial charge in [-0.15, -0.1) is 0 Å². The van der Waals surface area contributed by atoms with Crippen LogP contribution < -0.4 is 5.32 Å². The summed E-state index contributed by atoms with van der Waals surface area (Å²) >= 11 is 17.7. The molecule has 0 radical (unpaired) electrons. The Morgan fingerprint density at radius 1 is 1.12 bits per heavy atom. The molecule has 0 fully saturated rings. The van der Waals surface area contributed by atoms with Crippen molar-refractivity contribution in [3.05, 3.63) is 44.0 Å². The van der Waals surface area contributed by atoms with Crippen molar-refractivity contribution in [1.29, 1.82) is 0 Å². The standard InChI is InChI=1S/C13H15Cl3N4O5/c1-3-18(4-2)12(13(14,15)16)17-11(21)8-5-9(19(22)23)7-10(6-8)20(24)25/h5-7,12H,3-4H2,1-2H3,(H,17,21). The van der Waals surface area contributed by atoms with Gasteiger partial charge in [0, 0.05) is 12.1 Å². The van der Waals surface area contributed by atoms with Gasteiger partial charge in [-0.05, 0) is 13.1 Å². The summed E-state index contributed by atoms with van der Waals surface area (Å²) in [4.78, 5) is 34.2. The number of carbonyl (C=O) groups excluding carboxylic acids is 1. The van der Waals surface area contributed by atoms with E-state index in [-0.39, 0.29) is 5.56 Å². The zero-order valence-corrected chi connectivity index (χ0v) is 15.5. The maximum atomic E-state index is 12.4. The molecule has 0 saturated carbocycles. The van der Waals surface area contributed by atoms with Crippen molar-refractivity contribution < 1.29 is 14.6 Å². The Morgan fingerprint density at radius 2 is 1.56 bits per heavy atom. The number of hydrogen-bond donors (Lipinski definition) is 1. The average molecular weight is 414 g/mol. The highest BCUT2D eigenvalue weighted by atomic mass is 35.6. The SMILES string of the molecule is CCN(CC)C(NC(=O)c1cc([N+](=O)[O-])cc([N+](=O)[O-])c1)C(Cl)(Cl)Cl. The van der Waals surface area contributed by atoms with Gasteiger partial charge in [-0.2, -0.15) is 0 Å². The van der Waals surface area contributed by atoms with Gasteiger partial charge >= 0.3 is 0 Å². The number of non-ortho nitro benzene ring substituents is 2. The van der Waals surface area contributed by atoms with Crippen LogP contribution in [-0.2, 0) is 0 Å². The molecule has 12 heteroatoms. The quantitative estimate of drug-likeness (QED) is 0.317. The van der Waals surface area contributed by atoms with E-state index in [1.54, 1.807) is 18.7 Å². The van der Waals surface area contributed by atoms with Crippen molar-refractivity contribution in [1.82, 2.24) is 10.2 Å². The fraction of sp³-hybridized carbons (Fsp3) is 0.462. The van der Waals surface area contributed by atoms with Crippen molar-refractivity contribution in [2.24, 2.45) is 0 Å². The maximum Gasteiger partial charge on any atom is 0.277 e. The van der Waals surface area contributed by atoms with E-state index in [4.69, 9.17) is 34.8 Å². The van der Waals surface area contributed by atoms with Gasteiger partial charge in [-0.3, -0.25) is 29.9 Å². The van der Waals surface area contributed by atoms with Gasteiger partial charge in [0.05, 0.1) is 21.5 Å². The molecule has 0 aliphatic carbocycles. The van der Waals surface area contributed by atoms with E-state index in [1.807, 2.05) is 0 Å². The molecule has 0 aromatic heterocycles. The van der Waals surface area contributed by atoms with Crippen LogP contribution in [0, 0.1) is 20.2 Å². The molecule has 1 amide bonds. The lowest BCUT2D eigenvalue weighted by Gasteiger charge is -2.34. The average Bonchev–Trinajstić information content (AvgIpc) is 2.53. The van der Waals surface area contributed by atoms with Crippen LogP contribution >= 0.6 is 34.8 Å². The third kappa shape index (κ3) is 5.67. The largest absolute Gasteiger partial charge is 0.332 e. The Balaban J connectivity index is 3.24. The topological polar surface area (TPSA) is 119 Å². The molecule has 0 bridgehead atoms. The summed E-state index contributed by atoms with van der Waals surface area (Å²) in [7, 11) is 0. The van der Waals surface area contributed by atoms with Crippen LogP contribution in [0.2, 0.25) is 0 Å². The molecule has 25 heavy (non-hydrogen) atoms. The lowest BCUT2D eigenvalue weighted by Crippen LogP contribution is -2.55.